The van der Waals surface area contributed by atoms with Crippen LogP contribution in [0.15, 0.2) is 30.3 Å². The molecule has 0 aromatic heterocycles. The Balaban J connectivity index is 1.79. The van der Waals surface area contributed by atoms with Gasteiger partial charge < -0.3 is 10.0 Å². The molecule has 1 saturated carbocycles. The largest absolute Gasteiger partial charge is 0.388 e. The predicted molar refractivity (Wildman–Crippen MR) is 75.8 cm³/mol. The molecule has 0 atom stereocenters. The van der Waals surface area contributed by atoms with Gasteiger partial charge in [-0.15, -0.1) is 0 Å². The van der Waals surface area contributed by atoms with E-state index < -0.39 is 5.60 Å². The molecule has 0 spiro atoms. The molecule has 1 aromatic carbocycles. The van der Waals surface area contributed by atoms with E-state index in [2.05, 4.69) is 0 Å². The van der Waals surface area contributed by atoms with Gasteiger partial charge in [-0.05, 0) is 24.8 Å². The monoisotopic (exact) mass is 261 g/mol. The van der Waals surface area contributed by atoms with Crippen LogP contribution >= 0.6 is 0 Å². The van der Waals surface area contributed by atoms with E-state index in [1.54, 1.807) is 11.9 Å². The molecule has 1 aromatic rings. The molecule has 19 heavy (non-hydrogen) atoms. The van der Waals surface area contributed by atoms with Gasteiger partial charge in [0.1, 0.15) is 0 Å². The first-order valence-electron chi connectivity index (χ1n) is 7.09. The number of nitrogens with zero attached hydrogens (tertiary/aromatic N) is 1. The van der Waals surface area contributed by atoms with E-state index in [0.29, 0.717) is 13.0 Å². The van der Waals surface area contributed by atoms with Crippen LogP contribution in [-0.4, -0.2) is 35.1 Å². The summed E-state index contributed by atoms with van der Waals surface area (Å²) < 4.78 is 0. The number of carbonyl (C=O) groups is 1. The van der Waals surface area contributed by atoms with Crippen LogP contribution in [0.5, 0.6) is 0 Å². The molecule has 104 valence electrons. The van der Waals surface area contributed by atoms with Crippen molar-refractivity contribution >= 4 is 5.91 Å². The van der Waals surface area contributed by atoms with Gasteiger partial charge in [0.25, 0.3) is 0 Å². The average molecular weight is 261 g/mol. The van der Waals surface area contributed by atoms with Gasteiger partial charge >= 0.3 is 0 Å². The highest BCUT2D eigenvalue weighted by molar-refractivity contribution is 5.76. The Morgan fingerprint density at radius 2 is 1.89 bits per heavy atom. The van der Waals surface area contributed by atoms with E-state index in [0.717, 1.165) is 32.1 Å². The van der Waals surface area contributed by atoms with Gasteiger partial charge in [-0.2, -0.15) is 0 Å². The molecule has 2 rings (SSSR count). The van der Waals surface area contributed by atoms with Crippen LogP contribution in [0, 0.1) is 0 Å². The maximum Gasteiger partial charge on any atom is 0.222 e. The molecule has 1 aliphatic rings. The molecule has 1 fully saturated rings. The molecule has 0 aliphatic heterocycles. The molecule has 1 aliphatic carbocycles. The minimum absolute atomic E-state index is 0.115. The van der Waals surface area contributed by atoms with E-state index in [9.17, 15) is 9.90 Å². The number of aryl methyl sites for hydroxylation is 1. The number of likely N-dealkylation sites (N-methyl/N-ethyl adjacent to an activating group) is 1. The second-order valence-electron chi connectivity index (χ2n) is 5.67. The number of carbonyl (C=O) groups excluding carboxylic acids is 1. The second kappa shape index (κ2) is 6.20. The molecular weight excluding hydrogens is 238 g/mol. The highest BCUT2D eigenvalue weighted by Gasteiger charge is 2.33. The lowest BCUT2D eigenvalue weighted by Crippen LogP contribution is -2.42. The number of hydrogen-bond donors (Lipinski definition) is 1. The second-order valence-corrected chi connectivity index (χ2v) is 5.67. The zero-order valence-electron chi connectivity index (χ0n) is 11.6. The summed E-state index contributed by atoms with van der Waals surface area (Å²) in [5, 5.41) is 10.3. The molecular formula is C16H23NO2. The Morgan fingerprint density at radius 3 is 2.53 bits per heavy atom. The fourth-order valence-electron chi connectivity index (χ4n) is 2.81. The molecule has 1 N–H and O–H groups in total. The fourth-order valence-corrected chi connectivity index (χ4v) is 2.81. The number of hydrogen-bond acceptors (Lipinski definition) is 2. The smallest absolute Gasteiger partial charge is 0.222 e. The summed E-state index contributed by atoms with van der Waals surface area (Å²) in [4.78, 5) is 13.7. The first kappa shape index (κ1) is 14.1. The van der Waals surface area contributed by atoms with Gasteiger partial charge in [0.2, 0.25) is 5.91 Å². The molecule has 0 bridgehead atoms. The van der Waals surface area contributed by atoms with Crippen molar-refractivity contribution in [2.24, 2.45) is 0 Å². The molecule has 0 saturated heterocycles. The summed E-state index contributed by atoms with van der Waals surface area (Å²) in [7, 11) is 1.80. The number of aliphatic hydroxyl groups is 1. The molecule has 0 radical (unpaired) electrons. The van der Waals surface area contributed by atoms with E-state index in [-0.39, 0.29) is 5.91 Å². The van der Waals surface area contributed by atoms with Crippen LogP contribution in [0.1, 0.15) is 37.7 Å². The summed E-state index contributed by atoms with van der Waals surface area (Å²) in [5.74, 6) is 0.115. The summed E-state index contributed by atoms with van der Waals surface area (Å²) in [6, 6.07) is 10.0. The maximum absolute atomic E-state index is 12.1. The Hall–Kier alpha value is -1.35. The molecule has 1 amide bonds. The van der Waals surface area contributed by atoms with Gasteiger partial charge in [0.15, 0.2) is 0 Å². The lowest BCUT2D eigenvalue weighted by atomic mass is 10.0. The zero-order chi connectivity index (χ0) is 13.7. The predicted octanol–water partition coefficient (Wildman–Crippen LogP) is 2.38. The lowest BCUT2D eigenvalue weighted by Gasteiger charge is -2.28. The van der Waals surface area contributed by atoms with Gasteiger partial charge in [-0.25, -0.2) is 0 Å². The van der Waals surface area contributed by atoms with Crippen LogP contribution < -0.4 is 0 Å². The third-order valence-electron chi connectivity index (χ3n) is 3.96. The Morgan fingerprint density at radius 1 is 1.26 bits per heavy atom. The topological polar surface area (TPSA) is 40.5 Å². The van der Waals surface area contributed by atoms with Crippen LogP contribution in [0.2, 0.25) is 0 Å². The highest BCUT2D eigenvalue weighted by atomic mass is 16.3. The quantitative estimate of drug-likeness (QED) is 0.884. The fraction of sp³-hybridized carbons (Fsp3) is 0.562. The van der Waals surface area contributed by atoms with Gasteiger partial charge in [-0.1, -0.05) is 43.2 Å². The van der Waals surface area contributed by atoms with Crippen molar-refractivity contribution in [2.45, 2.75) is 44.1 Å². The van der Waals surface area contributed by atoms with Gasteiger partial charge in [0, 0.05) is 20.0 Å². The SMILES string of the molecule is CN(CC1(O)CCCC1)C(=O)CCc1ccccc1. The van der Waals surface area contributed by atoms with Crippen molar-refractivity contribution < 1.29 is 9.90 Å². The lowest BCUT2D eigenvalue weighted by molar-refractivity contribution is -0.133. The van der Waals surface area contributed by atoms with E-state index in [1.165, 1.54) is 5.56 Å². The third-order valence-corrected chi connectivity index (χ3v) is 3.96. The van der Waals surface area contributed by atoms with Crippen molar-refractivity contribution in [3.8, 4) is 0 Å². The molecule has 3 heteroatoms. The minimum Gasteiger partial charge on any atom is -0.388 e. The van der Waals surface area contributed by atoms with Crippen LogP contribution in [0.25, 0.3) is 0 Å². The third kappa shape index (κ3) is 4.06. The van der Waals surface area contributed by atoms with Crippen LogP contribution in [0.3, 0.4) is 0 Å². The van der Waals surface area contributed by atoms with Crippen LogP contribution in [0.4, 0.5) is 0 Å². The number of rotatable bonds is 5. The van der Waals surface area contributed by atoms with Crippen molar-refractivity contribution in [3.05, 3.63) is 35.9 Å². The average Bonchev–Trinajstić information content (AvgIpc) is 2.83. The summed E-state index contributed by atoms with van der Waals surface area (Å²) in [6.45, 7) is 0.473. The van der Waals surface area contributed by atoms with Crippen molar-refractivity contribution in [3.63, 3.8) is 0 Å². The first-order valence-corrected chi connectivity index (χ1v) is 7.09. The van der Waals surface area contributed by atoms with E-state index >= 15 is 0 Å². The van der Waals surface area contributed by atoms with E-state index in [1.807, 2.05) is 30.3 Å². The van der Waals surface area contributed by atoms with Gasteiger partial charge in [-0.3, -0.25) is 4.79 Å². The van der Waals surface area contributed by atoms with Crippen LogP contribution in [-0.2, 0) is 11.2 Å². The highest BCUT2D eigenvalue weighted by Crippen LogP contribution is 2.30. The molecule has 0 heterocycles. The Bertz CT molecular complexity index is 410. The number of amides is 1. The normalized spacial score (nSPS) is 17.4. The number of benzene rings is 1. The van der Waals surface area contributed by atoms with Crippen molar-refractivity contribution in [1.82, 2.24) is 4.90 Å². The van der Waals surface area contributed by atoms with Gasteiger partial charge in [0.05, 0.1) is 5.60 Å². The zero-order valence-corrected chi connectivity index (χ0v) is 11.6. The maximum atomic E-state index is 12.1. The summed E-state index contributed by atoms with van der Waals surface area (Å²) >= 11 is 0. The standard InChI is InChI=1S/C16H23NO2/c1-17(13-16(19)11-5-6-12-16)15(18)10-9-14-7-3-2-4-8-14/h2-4,7-8,19H,5-6,9-13H2,1H3. The Labute approximate surface area is 115 Å². The summed E-state index contributed by atoms with van der Waals surface area (Å²) in [5.41, 5.74) is 0.542. The van der Waals surface area contributed by atoms with Crippen molar-refractivity contribution in [1.29, 1.82) is 0 Å². The molecule has 3 nitrogen and oxygen atoms in total. The van der Waals surface area contributed by atoms with E-state index in [4.69, 9.17) is 0 Å². The Kier molecular flexibility index (Phi) is 4.59. The van der Waals surface area contributed by atoms with Crippen molar-refractivity contribution in [2.75, 3.05) is 13.6 Å². The minimum atomic E-state index is -0.642. The first-order chi connectivity index (χ1) is 9.09. The summed E-state index contributed by atoms with van der Waals surface area (Å²) in [6.07, 6.45) is 5.07. The molecule has 0 unspecified atom stereocenters.